The molecular weight excluding hydrogens is 390 g/mol. The molecule has 4 rings (SSSR count). The molecule has 0 aromatic heterocycles. The predicted octanol–water partition coefficient (Wildman–Crippen LogP) is 4.09. The number of nitrogens with zero attached hydrogens (tertiary/aromatic N) is 1. The first kappa shape index (κ1) is 22.6. The number of carbonyl (C=O) groups is 3. The first-order valence-corrected chi connectivity index (χ1v) is 12.6. The zero-order valence-corrected chi connectivity index (χ0v) is 19.8. The lowest BCUT2D eigenvalue weighted by Crippen LogP contribution is -2.61. The van der Waals surface area contributed by atoms with E-state index in [0.29, 0.717) is 42.7 Å². The Labute approximate surface area is 187 Å². The van der Waals surface area contributed by atoms with E-state index in [4.69, 9.17) is 0 Å². The quantitative estimate of drug-likeness (QED) is 0.658. The number of fused-ring (bicyclic) bond motifs is 5. The van der Waals surface area contributed by atoms with Gasteiger partial charge in [-0.3, -0.25) is 14.9 Å². The molecule has 3 saturated carbocycles. The van der Waals surface area contributed by atoms with Gasteiger partial charge in [0, 0.05) is 32.0 Å². The fourth-order valence-corrected chi connectivity index (χ4v) is 8.20. The normalized spacial score (nSPS) is 41.7. The summed E-state index contributed by atoms with van der Waals surface area (Å²) in [6.45, 7) is 7.43. The second kappa shape index (κ2) is 8.40. The minimum absolute atomic E-state index is 0.0193. The van der Waals surface area contributed by atoms with E-state index in [2.05, 4.69) is 31.4 Å². The number of hydrogen-bond acceptors (Lipinski definition) is 3. The minimum Gasteiger partial charge on any atom is -0.342 e. The average molecular weight is 432 g/mol. The van der Waals surface area contributed by atoms with Gasteiger partial charge in [-0.15, -0.1) is 0 Å². The summed E-state index contributed by atoms with van der Waals surface area (Å²) in [6, 6.07) is 0.0220. The van der Waals surface area contributed by atoms with Gasteiger partial charge in [-0.25, -0.2) is 4.79 Å². The fourth-order valence-electron chi connectivity index (χ4n) is 8.20. The zero-order chi connectivity index (χ0) is 22.4. The van der Waals surface area contributed by atoms with Gasteiger partial charge in [-0.05, 0) is 80.0 Å². The van der Waals surface area contributed by atoms with Gasteiger partial charge in [0.05, 0.1) is 0 Å². The van der Waals surface area contributed by atoms with Crippen LogP contribution in [0.15, 0.2) is 0 Å². The SMILES string of the molecule is CCCCNC(=O)NC(=O)[C@H]1CC[C@H]2[C@@H]3CC[C@H]4N(C)C(=O)CC[C@]4(C)[C@H]3CC[C@]12C. The summed E-state index contributed by atoms with van der Waals surface area (Å²) in [6.07, 6.45) is 10.0. The molecule has 31 heavy (non-hydrogen) atoms. The summed E-state index contributed by atoms with van der Waals surface area (Å²) in [4.78, 5) is 39.6. The molecule has 1 saturated heterocycles. The lowest BCUT2D eigenvalue weighted by molar-refractivity contribution is -0.159. The van der Waals surface area contributed by atoms with Crippen LogP contribution in [0.2, 0.25) is 0 Å². The van der Waals surface area contributed by atoms with Crippen LogP contribution in [0.25, 0.3) is 0 Å². The number of carbonyl (C=O) groups excluding carboxylic acids is 3. The van der Waals surface area contributed by atoms with E-state index in [0.717, 1.165) is 57.8 Å². The third kappa shape index (κ3) is 3.68. The zero-order valence-electron chi connectivity index (χ0n) is 19.8. The molecular formula is C25H41N3O3. The number of amides is 4. The van der Waals surface area contributed by atoms with Crippen LogP contribution in [0, 0.1) is 34.5 Å². The van der Waals surface area contributed by atoms with E-state index in [1.165, 1.54) is 0 Å². The molecule has 0 aromatic rings. The molecule has 4 amide bonds. The smallest absolute Gasteiger partial charge is 0.321 e. The lowest BCUT2D eigenvalue weighted by Gasteiger charge is -2.61. The Hall–Kier alpha value is -1.59. The molecule has 0 aromatic carbocycles. The molecule has 0 radical (unpaired) electrons. The highest BCUT2D eigenvalue weighted by Gasteiger charge is 2.62. The molecule has 174 valence electrons. The van der Waals surface area contributed by atoms with Gasteiger partial charge in [0.15, 0.2) is 0 Å². The topological polar surface area (TPSA) is 78.5 Å². The summed E-state index contributed by atoms with van der Waals surface area (Å²) >= 11 is 0. The number of unbranched alkanes of at least 4 members (excludes halogenated alkanes) is 1. The second-order valence-electron chi connectivity index (χ2n) is 11.3. The molecule has 6 heteroatoms. The molecule has 3 aliphatic carbocycles. The summed E-state index contributed by atoms with van der Waals surface area (Å²) in [5.74, 6) is 1.97. The maximum absolute atomic E-state index is 13.1. The standard InChI is InChI=1S/C25H41N3O3/c1-5-6-15-26-23(31)27-22(30)19-9-8-17-16-7-10-20-25(3,14-12-21(29)28(20)4)18(16)11-13-24(17,19)2/h16-20H,5-15H2,1-4H3,(H2,26,27,30,31)/t16-,17-,18-,19+,20+,24-,25+/m0/s1. The molecule has 0 bridgehead atoms. The van der Waals surface area contributed by atoms with Crippen LogP contribution in [0.5, 0.6) is 0 Å². The summed E-state index contributed by atoms with van der Waals surface area (Å²) in [7, 11) is 2.00. The molecule has 7 atom stereocenters. The predicted molar refractivity (Wildman–Crippen MR) is 120 cm³/mol. The van der Waals surface area contributed by atoms with Crippen molar-refractivity contribution in [2.45, 2.75) is 91.0 Å². The average Bonchev–Trinajstić information content (AvgIpc) is 3.08. The Balaban J connectivity index is 1.46. The number of hydrogen-bond donors (Lipinski definition) is 2. The molecule has 6 nitrogen and oxygen atoms in total. The first-order chi connectivity index (χ1) is 14.7. The van der Waals surface area contributed by atoms with Crippen LogP contribution in [0.1, 0.15) is 85.0 Å². The minimum atomic E-state index is -0.345. The third-order valence-electron chi connectivity index (χ3n) is 9.93. The highest BCUT2D eigenvalue weighted by Crippen LogP contribution is 2.66. The monoisotopic (exact) mass is 431 g/mol. The summed E-state index contributed by atoms with van der Waals surface area (Å²) in [5, 5.41) is 5.45. The molecule has 0 spiro atoms. The van der Waals surface area contributed by atoms with Gasteiger partial charge in [0.1, 0.15) is 0 Å². The number of urea groups is 1. The molecule has 4 fully saturated rings. The maximum atomic E-state index is 13.1. The van der Waals surface area contributed by atoms with Crippen LogP contribution >= 0.6 is 0 Å². The van der Waals surface area contributed by atoms with Crippen LogP contribution in [-0.4, -0.2) is 42.4 Å². The van der Waals surface area contributed by atoms with E-state index in [1.54, 1.807) is 0 Å². The third-order valence-corrected chi connectivity index (χ3v) is 9.93. The molecule has 1 heterocycles. The van der Waals surface area contributed by atoms with Crippen molar-refractivity contribution in [3.05, 3.63) is 0 Å². The molecule has 2 N–H and O–H groups in total. The van der Waals surface area contributed by atoms with Gasteiger partial charge in [-0.2, -0.15) is 0 Å². The van der Waals surface area contributed by atoms with Crippen LogP contribution in [0.3, 0.4) is 0 Å². The molecule has 4 aliphatic rings. The Morgan fingerprint density at radius 1 is 1.03 bits per heavy atom. The Morgan fingerprint density at radius 2 is 1.77 bits per heavy atom. The summed E-state index contributed by atoms with van der Waals surface area (Å²) < 4.78 is 0. The van der Waals surface area contributed by atoms with Gasteiger partial charge >= 0.3 is 6.03 Å². The lowest BCUT2D eigenvalue weighted by atomic mass is 9.47. The van der Waals surface area contributed by atoms with Crippen molar-refractivity contribution in [2.75, 3.05) is 13.6 Å². The van der Waals surface area contributed by atoms with Crippen LogP contribution in [0.4, 0.5) is 4.79 Å². The number of nitrogens with one attached hydrogen (secondary N) is 2. The number of imide groups is 1. The van der Waals surface area contributed by atoms with Crippen molar-refractivity contribution in [3.8, 4) is 0 Å². The highest BCUT2D eigenvalue weighted by molar-refractivity contribution is 5.96. The van der Waals surface area contributed by atoms with Gasteiger partial charge < -0.3 is 10.2 Å². The van der Waals surface area contributed by atoms with Crippen molar-refractivity contribution in [1.82, 2.24) is 15.5 Å². The van der Waals surface area contributed by atoms with Crippen molar-refractivity contribution >= 4 is 17.8 Å². The Kier molecular flexibility index (Phi) is 6.12. The highest BCUT2D eigenvalue weighted by atomic mass is 16.2. The van der Waals surface area contributed by atoms with Crippen molar-refractivity contribution in [1.29, 1.82) is 0 Å². The van der Waals surface area contributed by atoms with Crippen LogP contribution < -0.4 is 10.6 Å². The van der Waals surface area contributed by atoms with Crippen molar-refractivity contribution < 1.29 is 14.4 Å². The van der Waals surface area contributed by atoms with Gasteiger partial charge in [0.2, 0.25) is 11.8 Å². The maximum Gasteiger partial charge on any atom is 0.321 e. The van der Waals surface area contributed by atoms with E-state index < -0.39 is 0 Å². The van der Waals surface area contributed by atoms with Crippen molar-refractivity contribution in [2.24, 2.45) is 34.5 Å². The largest absolute Gasteiger partial charge is 0.342 e. The molecule has 1 aliphatic heterocycles. The number of piperidine rings is 1. The van der Waals surface area contributed by atoms with Gasteiger partial charge in [0.25, 0.3) is 0 Å². The van der Waals surface area contributed by atoms with Gasteiger partial charge in [-0.1, -0.05) is 27.2 Å². The summed E-state index contributed by atoms with van der Waals surface area (Å²) in [5.41, 5.74) is 0.181. The number of rotatable bonds is 4. The first-order valence-electron chi connectivity index (χ1n) is 12.6. The Morgan fingerprint density at radius 3 is 2.52 bits per heavy atom. The Bertz CT molecular complexity index is 740. The van der Waals surface area contributed by atoms with Crippen LogP contribution in [-0.2, 0) is 9.59 Å². The van der Waals surface area contributed by atoms with Crippen molar-refractivity contribution in [3.63, 3.8) is 0 Å². The molecule has 0 unspecified atom stereocenters. The fraction of sp³-hybridized carbons (Fsp3) is 0.880. The second-order valence-corrected chi connectivity index (χ2v) is 11.3. The van der Waals surface area contributed by atoms with E-state index in [-0.39, 0.29) is 28.7 Å². The van der Waals surface area contributed by atoms with E-state index >= 15 is 0 Å². The van der Waals surface area contributed by atoms with E-state index in [1.807, 2.05) is 11.9 Å². The van der Waals surface area contributed by atoms with E-state index in [9.17, 15) is 14.4 Å². The number of likely N-dealkylation sites (tertiary alicyclic amines) is 1.